The van der Waals surface area contributed by atoms with Crippen LogP contribution >= 0.6 is 34.8 Å². The molecule has 6 rings (SSSR count). The number of para-hydroxylation sites is 1. The summed E-state index contributed by atoms with van der Waals surface area (Å²) in [6.45, 7) is 2.09. The summed E-state index contributed by atoms with van der Waals surface area (Å²) < 4.78 is 0. The van der Waals surface area contributed by atoms with Crippen LogP contribution in [-0.2, 0) is 22.6 Å². The summed E-state index contributed by atoms with van der Waals surface area (Å²) in [5.41, 5.74) is 5.13. The van der Waals surface area contributed by atoms with E-state index in [9.17, 15) is 9.59 Å². The molecule has 0 saturated carbocycles. The van der Waals surface area contributed by atoms with Gasteiger partial charge in [-0.15, -0.1) is 0 Å². The van der Waals surface area contributed by atoms with Crippen molar-refractivity contribution in [3.05, 3.63) is 105 Å². The van der Waals surface area contributed by atoms with Crippen molar-refractivity contribution in [3.63, 3.8) is 0 Å². The largest absolute Gasteiger partial charge is 0.361 e. The highest BCUT2D eigenvalue weighted by atomic mass is 35.5. The normalized spacial score (nSPS) is 15.1. The molecule has 43 heavy (non-hydrogen) atoms. The van der Waals surface area contributed by atoms with Crippen molar-refractivity contribution in [2.24, 2.45) is 0 Å². The minimum absolute atomic E-state index is 0.174. The van der Waals surface area contributed by atoms with Crippen molar-refractivity contribution in [2.45, 2.75) is 37.8 Å². The summed E-state index contributed by atoms with van der Waals surface area (Å²) in [7, 11) is 0. The lowest BCUT2D eigenvalue weighted by Crippen LogP contribution is -2.51. The molecular weight excluding hydrogens is 605 g/mol. The third-order valence-corrected chi connectivity index (χ3v) is 9.25. The number of likely N-dealkylation sites (tertiary alicyclic amines) is 1. The molecular formula is C33H32Cl3N5O2. The first kappa shape index (κ1) is 29.6. The van der Waals surface area contributed by atoms with Crippen molar-refractivity contribution in [1.82, 2.24) is 25.5 Å². The van der Waals surface area contributed by atoms with Crippen LogP contribution in [0.5, 0.6) is 0 Å². The SMILES string of the molecule is O=C(CN1CCC(c2c[nH]c3ccc(Cl)cc23)CC1)N[C@H](Cc1c[nH]c2ccccc12)C(=O)NCc1ccc(Cl)c(Cl)c1. The average Bonchev–Trinajstić information content (AvgIpc) is 3.61. The average molecular weight is 637 g/mol. The molecule has 1 aliphatic rings. The van der Waals surface area contributed by atoms with Crippen LogP contribution in [0.25, 0.3) is 21.8 Å². The van der Waals surface area contributed by atoms with Crippen LogP contribution < -0.4 is 10.6 Å². The number of carbonyl (C=O) groups excluding carboxylic acids is 2. The molecule has 0 spiro atoms. The Bertz CT molecular complexity index is 1770. The van der Waals surface area contributed by atoms with Gasteiger partial charge in [0.15, 0.2) is 0 Å². The van der Waals surface area contributed by atoms with Crippen molar-refractivity contribution in [1.29, 1.82) is 0 Å². The number of fused-ring (bicyclic) bond motifs is 2. The quantitative estimate of drug-likeness (QED) is 0.143. The molecule has 1 aliphatic heterocycles. The number of halogens is 3. The molecule has 0 bridgehead atoms. The number of hydrogen-bond donors (Lipinski definition) is 4. The molecule has 222 valence electrons. The van der Waals surface area contributed by atoms with E-state index in [0.29, 0.717) is 22.4 Å². The number of aromatic amines is 2. The Kier molecular flexibility index (Phi) is 8.96. The van der Waals surface area contributed by atoms with Gasteiger partial charge in [0.2, 0.25) is 11.8 Å². The van der Waals surface area contributed by atoms with E-state index in [1.807, 2.05) is 54.7 Å². The fraction of sp³-hybridized carbons (Fsp3) is 0.273. The lowest BCUT2D eigenvalue weighted by molar-refractivity contribution is -0.129. The van der Waals surface area contributed by atoms with Gasteiger partial charge in [0, 0.05) is 52.2 Å². The van der Waals surface area contributed by atoms with Crippen molar-refractivity contribution < 1.29 is 9.59 Å². The lowest BCUT2D eigenvalue weighted by Gasteiger charge is -2.31. The number of piperidine rings is 1. The van der Waals surface area contributed by atoms with E-state index in [2.05, 4.69) is 31.7 Å². The maximum absolute atomic E-state index is 13.4. The maximum atomic E-state index is 13.4. The van der Waals surface area contributed by atoms with Crippen LogP contribution in [-0.4, -0.2) is 52.4 Å². The molecule has 7 nitrogen and oxygen atoms in total. The third kappa shape index (κ3) is 6.86. The topological polar surface area (TPSA) is 93.0 Å². The molecule has 0 radical (unpaired) electrons. The summed E-state index contributed by atoms with van der Waals surface area (Å²) in [5, 5.41) is 9.78. The number of hydrogen-bond acceptors (Lipinski definition) is 3. The minimum atomic E-state index is -0.747. The monoisotopic (exact) mass is 635 g/mol. The van der Waals surface area contributed by atoms with Crippen molar-refractivity contribution in [2.75, 3.05) is 19.6 Å². The Labute approximate surface area is 264 Å². The zero-order valence-corrected chi connectivity index (χ0v) is 25.7. The molecule has 5 aromatic rings. The van der Waals surface area contributed by atoms with E-state index < -0.39 is 6.04 Å². The zero-order chi connectivity index (χ0) is 29.9. The molecule has 4 N–H and O–H groups in total. The van der Waals surface area contributed by atoms with Gasteiger partial charge in [-0.3, -0.25) is 14.5 Å². The smallest absolute Gasteiger partial charge is 0.243 e. The number of benzene rings is 3. The third-order valence-electron chi connectivity index (χ3n) is 8.27. The fourth-order valence-electron chi connectivity index (χ4n) is 5.99. The highest BCUT2D eigenvalue weighted by Crippen LogP contribution is 2.34. The van der Waals surface area contributed by atoms with Gasteiger partial charge in [0.05, 0.1) is 16.6 Å². The first-order chi connectivity index (χ1) is 20.8. The summed E-state index contributed by atoms with van der Waals surface area (Å²) in [6, 6.07) is 18.3. The molecule has 2 amide bonds. The Morgan fingerprint density at radius 1 is 0.884 bits per heavy atom. The van der Waals surface area contributed by atoms with Gasteiger partial charge < -0.3 is 20.6 Å². The van der Waals surface area contributed by atoms with Gasteiger partial charge in [-0.2, -0.15) is 0 Å². The standard InChI is InChI=1S/C33H32Cl3N5O2/c34-23-6-8-30-25(15-23)26(18-38-30)21-9-11-41(12-10-21)19-32(42)40-31(14-22-17-37-29-4-2-1-3-24(22)29)33(43)39-16-20-5-7-27(35)28(36)13-20/h1-8,13,15,17-18,21,31,37-38H,9-12,14,16,19H2,(H,39,43)(H,40,42)/t31-/m1/s1. The van der Waals surface area contributed by atoms with Crippen molar-refractivity contribution >= 4 is 68.4 Å². The molecule has 3 heterocycles. The number of nitrogens with zero attached hydrogens (tertiary/aromatic N) is 1. The predicted octanol–water partition coefficient (Wildman–Crippen LogP) is 6.83. The fourth-order valence-corrected chi connectivity index (χ4v) is 6.48. The van der Waals surface area contributed by atoms with E-state index in [-0.39, 0.29) is 24.9 Å². The first-order valence-corrected chi connectivity index (χ1v) is 15.5. The highest BCUT2D eigenvalue weighted by molar-refractivity contribution is 6.42. The van der Waals surface area contributed by atoms with E-state index in [0.717, 1.165) is 63.9 Å². The van der Waals surface area contributed by atoms with E-state index in [4.69, 9.17) is 34.8 Å². The highest BCUT2D eigenvalue weighted by Gasteiger charge is 2.27. The van der Waals surface area contributed by atoms with Gasteiger partial charge in [0.1, 0.15) is 6.04 Å². The number of carbonyl (C=O) groups is 2. The summed E-state index contributed by atoms with van der Waals surface area (Å²) in [6.07, 6.45) is 6.22. The molecule has 1 saturated heterocycles. The Morgan fingerprint density at radius 2 is 1.65 bits per heavy atom. The minimum Gasteiger partial charge on any atom is -0.361 e. The molecule has 1 atom stereocenters. The second-order valence-corrected chi connectivity index (χ2v) is 12.4. The Balaban J connectivity index is 1.10. The van der Waals surface area contributed by atoms with Gasteiger partial charge in [0.25, 0.3) is 0 Å². The number of rotatable bonds is 9. The van der Waals surface area contributed by atoms with Gasteiger partial charge in [-0.25, -0.2) is 0 Å². The van der Waals surface area contributed by atoms with E-state index in [1.165, 1.54) is 5.56 Å². The molecule has 0 aliphatic carbocycles. The van der Waals surface area contributed by atoms with Gasteiger partial charge in [-0.05, 0) is 84.9 Å². The van der Waals surface area contributed by atoms with Crippen LogP contribution in [0.4, 0.5) is 0 Å². The van der Waals surface area contributed by atoms with Crippen molar-refractivity contribution in [3.8, 4) is 0 Å². The molecule has 3 aromatic carbocycles. The summed E-state index contributed by atoms with van der Waals surface area (Å²) in [4.78, 5) is 35.5. The van der Waals surface area contributed by atoms with E-state index >= 15 is 0 Å². The number of H-pyrrole nitrogens is 2. The van der Waals surface area contributed by atoms with Crippen LogP contribution in [0.3, 0.4) is 0 Å². The molecule has 2 aromatic heterocycles. The maximum Gasteiger partial charge on any atom is 0.243 e. The molecule has 1 fully saturated rings. The Morgan fingerprint density at radius 3 is 2.47 bits per heavy atom. The predicted molar refractivity (Wildman–Crippen MR) is 174 cm³/mol. The Hall–Kier alpha value is -3.49. The van der Waals surface area contributed by atoms with Crippen LogP contribution in [0.1, 0.15) is 35.4 Å². The van der Waals surface area contributed by atoms with Crippen LogP contribution in [0.15, 0.2) is 73.1 Å². The second-order valence-electron chi connectivity index (χ2n) is 11.1. The lowest BCUT2D eigenvalue weighted by atomic mass is 9.89. The second kappa shape index (κ2) is 13.0. The zero-order valence-electron chi connectivity index (χ0n) is 23.4. The number of nitrogens with one attached hydrogen (secondary N) is 4. The molecule has 10 heteroatoms. The summed E-state index contributed by atoms with van der Waals surface area (Å²) >= 11 is 18.5. The van der Waals surface area contributed by atoms with Gasteiger partial charge in [-0.1, -0.05) is 59.1 Å². The van der Waals surface area contributed by atoms with Crippen LogP contribution in [0, 0.1) is 0 Å². The summed E-state index contributed by atoms with van der Waals surface area (Å²) in [5.74, 6) is -0.0402. The number of aromatic nitrogens is 2. The first-order valence-electron chi connectivity index (χ1n) is 14.4. The van der Waals surface area contributed by atoms with Crippen LogP contribution in [0.2, 0.25) is 15.1 Å². The van der Waals surface area contributed by atoms with E-state index in [1.54, 1.807) is 12.1 Å². The number of amides is 2. The molecule has 0 unspecified atom stereocenters. The van der Waals surface area contributed by atoms with Gasteiger partial charge >= 0.3 is 0 Å².